The van der Waals surface area contributed by atoms with Gasteiger partial charge in [-0.15, -0.1) is 0 Å². The molecular formula is C35H63O11P. The van der Waals surface area contributed by atoms with Crippen LogP contribution in [0.5, 0.6) is 0 Å². The Morgan fingerprint density at radius 1 is 0.638 bits per heavy atom. The highest BCUT2D eigenvalue weighted by Crippen LogP contribution is 2.53. The Labute approximate surface area is 282 Å². The maximum Gasteiger partial charge on any atom is 0.475 e. The standard InChI is InChI=1S/C35H63O11P/c1-3-4-5-6-7-8-9-10-11-12-13-14-15-16-17-21-24-43-26-29(42-2)27-45-47(41,44-25-28-22-19-18-20-23-28)46-35-33(39)31(37)30(36)32(38)34(35)40/h18-20,22-23,29-40H,3-17,21,24-27H2,1-2H3/t29-,30?,31+,32+,33-,34-,35?,47?/m1/s1. The van der Waals surface area contributed by atoms with Gasteiger partial charge in [0.25, 0.3) is 0 Å². The molecule has 1 aromatic rings. The third kappa shape index (κ3) is 17.0. The van der Waals surface area contributed by atoms with Crippen LogP contribution >= 0.6 is 7.82 Å². The van der Waals surface area contributed by atoms with E-state index in [0.717, 1.165) is 12.8 Å². The van der Waals surface area contributed by atoms with Gasteiger partial charge in [-0.05, 0) is 12.0 Å². The summed E-state index contributed by atoms with van der Waals surface area (Å²) in [6.07, 6.45) is 9.07. The van der Waals surface area contributed by atoms with Crippen molar-refractivity contribution in [3.63, 3.8) is 0 Å². The molecule has 2 rings (SSSR count). The Morgan fingerprint density at radius 2 is 1.11 bits per heavy atom. The van der Waals surface area contributed by atoms with Crippen LogP contribution in [0, 0.1) is 0 Å². The summed E-state index contributed by atoms with van der Waals surface area (Å²) in [5.74, 6) is 0. The van der Waals surface area contributed by atoms with Crippen LogP contribution in [0.4, 0.5) is 0 Å². The number of hydrogen-bond acceptors (Lipinski definition) is 11. The first-order chi connectivity index (χ1) is 22.7. The van der Waals surface area contributed by atoms with Gasteiger partial charge in [-0.3, -0.25) is 13.6 Å². The molecule has 0 amide bonds. The van der Waals surface area contributed by atoms with Crippen molar-refractivity contribution in [2.24, 2.45) is 0 Å². The predicted octanol–water partition coefficient (Wildman–Crippen LogP) is 5.82. The Kier molecular flexibility index (Phi) is 22.5. The lowest BCUT2D eigenvalue weighted by Gasteiger charge is -2.42. The van der Waals surface area contributed by atoms with E-state index < -0.39 is 50.6 Å². The number of phosphoric ester groups is 1. The van der Waals surface area contributed by atoms with Gasteiger partial charge in [0.05, 0.1) is 19.8 Å². The molecule has 1 fully saturated rings. The SMILES string of the molecule is CCCCCCCCCCCCCCCCCCOC[C@H](COP(=O)(OCc1ccccc1)OC1[C@H](O)[C@@H](O)C(O)[C@H](O)[C@H]1O)OC. The highest BCUT2D eigenvalue weighted by molar-refractivity contribution is 7.48. The summed E-state index contributed by atoms with van der Waals surface area (Å²) in [5, 5.41) is 50.9. The molecule has 1 saturated carbocycles. The maximum absolute atomic E-state index is 13.7. The second-order valence-electron chi connectivity index (χ2n) is 12.8. The average Bonchev–Trinajstić information content (AvgIpc) is 3.09. The number of hydrogen-bond donors (Lipinski definition) is 5. The fourth-order valence-electron chi connectivity index (χ4n) is 5.62. The monoisotopic (exact) mass is 690 g/mol. The molecule has 11 nitrogen and oxygen atoms in total. The molecule has 0 spiro atoms. The molecule has 0 aliphatic heterocycles. The lowest BCUT2D eigenvalue weighted by molar-refractivity contribution is -0.220. The van der Waals surface area contributed by atoms with Crippen LogP contribution in [0.3, 0.4) is 0 Å². The van der Waals surface area contributed by atoms with E-state index in [1.165, 1.54) is 97.0 Å². The molecule has 0 heterocycles. The minimum Gasteiger partial charge on any atom is -0.387 e. The molecule has 5 N–H and O–H groups in total. The zero-order chi connectivity index (χ0) is 34.3. The van der Waals surface area contributed by atoms with Crippen LogP contribution in [0.15, 0.2) is 30.3 Å². The second-order valence-corrected chi connectivity index (χ2v) is 14.4. The number of aliphatic hydroxyl groups is 5. The number of unbranched alkanes of at least 4 members (excludes halogenated alkanes) is 15. The summed E-state index contributed by atoms with van der Waals surface area (Å²) in [4.78, 5) is 0. The van der Waals surface area contributed by atoms with E-state index in [1.54, 1.807) is 24.3 Å². The fraction of sp³-hybridized carbons (Fsp3) is 0.829. The molecule has 12 heteroatoms. The van der Waals surface area contributed by atoms with E-state index in [2.05, 4.69) is 6.92 Å². The number of phosphoric acid groups is 1. The van der Waals surface area contributed by atoms with Crippen LogP contribution in [0.1, 0.15) is 115 Å². The molecule has 1 aliphatic carbocycles. The summed E-state index contributed by atoms with van der Waals surface area (Å²) in [6, 6.07) is 8.83. The van der Waals surface area contributed by atoms with Gasteiger partial charge in [-0.2, -0.15) is 0 Å². The van der Waals surface area contributed by atoms with Crippen molar-refractivity contribution in [2.75, 3.05) is 26.9 Å². The highest BCUT2D eigenvalue weighted by atomic mass is 31.2. The average molecular weight is 691 g/mol. The molecule has 1 aliphatic rings. The number of aliphatic hydroxyl groups excluding tert-OH is 5. The van der Waals surface area contributed by atoms with Crippen molar-refractivity contribution in [3.05, 3.63) is 35.9 Å². The van der Waals surface area contributed by atoms with Gasteiger partial charge in [0.1, 0.15) is 42.7 Å². The maximum atomic E-state index is 13.7. The van der Waals surface area contributed by atoms with Crippen molar-refractivity contribution in [1.82, 2.24) is 0 Å². The van der Waals surface area contributed by atoms with E-state index in [9.17, 15) is 30.1 Å². The molecule has 0 bridgehead atoms. The number of benzene rings is 1. The second kappa shape index (κ2) is 25.1. The summed E-state index contributed by atoms with van der Waals surface area (Å²) in [5.41, 5.74) is 0.658. The first kappa shape index (κ1) is 42.2. The van der Waals surface area contributed by atoms with Crippen molar-refractivity contribution in [2.45, 2.75) is 159 Å². The summed E-state index contributed by atoms with van der Waals surface area (Å²) in [6.45, 7) is 2.55. The Balaban J connectivity index is 1.66. The summed E-state index contributed by atoms with van der Waals surface area (Å²) >= 11 is 0. The highest BCUT2D eigenvalue weighted by Gasteiger charge is 2.52. The molecule has 47 heavy (non-hydrogen) atoms. The van der Waals surface area contributed by atoms with Gasteiger partial charge in [0.15, 0.2) is 0 Å². The molecule has 274 valence electrons. The quantitative estimate of drug-likeness (QED) is 0.0531. The van der Waals surface area contributed by atoms with E-state index in [0.29, 0.717) is 12.2 Å². The molecule has 1 aromatic carbocycles. The van der Waals surface area contributed by atoms with Gasteiger partial charge in [0.2, 0.25) is 0 Å². The zero-order valence-electron chi connectivity index (χ0n) is 28.7. The summed E-state index contributed by atoms with van der Waals surface area (Å²) < 4.78 is 41.4. The van der Waals surface area contributed by atoms with Crippen LogP contribution in [0.25, 0.3) is 0 Å². The van der Waals surface area contributed by atoms with Gasteiger partial charge in [-0.25, -0.2) is 4.57 Å². The van der Waals surface area contributed by atoms with Crippen molar-refractivity contribution >= 4 is 7.82 Å². The minimum atomic E-state index is -4.51. The van der Waals surface area contributed by atoms with Crippen LogP contribution in [0.2, 0.25) is 0 Å². The van der Waals surface area contributed by atoms with E-state index in [1.807, 2.05) is 6.07 Å². The van der Waals surface area contributed by atoms with E-state index >= 15 is 0 Å². The molecular weight excluding hydrogens is 627 g/mol. The molecule has 0 aromatic heterocycles. The number of ether oxygens (including phenoxy) is 2. The molecule has 0 radical (unpaired) electrons. The summed E-state index contributed by atoms with van der Waals surface area (Å²) in [7, 11) is -3.04. The first-order valence-corrected chi connectivity index (χ1v) is 19.3. The van der Waals surface area contributed by atoms with Gasteiger partial charge >= 0.3 is 7.82 Å². The molecule has 0 saturated heterocycles. The number of rotatable bonds is 28. The topological polar surface area (TPSA) is 164 Å². The Morgan fingerprint density at radius 3 is 1.60 bits per heavy atom. The van der Waals surface area contributed by atoms with E-state index in [-0.39, 0.29) is 19.8 Å². The van der Waals surface area contributed by atoms with Gasteiger partial charge in [0, 0.05) is 13.7 Å². The smallest absolute Gasteiger partial charge is 0.387 e. The minimum absolute atomic E-state index is 0.173. The molecule has 6 atom stereocenters. The Bertz CT molecular complexity index is 923. The lowest BCUT2D eigenvalue weighted by Crippen LogP contribution is -2.64. The van der Waals surface area contributed by atoms with Crippen molar-refractivity contribution in [1.29, 1.82) is 0 Å². The van der Waals surface area contributed by atoms with Gasteiger partial charge in [-0.1, -0.05) is 134 Å². The molecule has 1 unspecified atom stereocenters. The normalized spacial score (nSPS) is 25.1. The largest absolute Gasteiger partial charge is 0.475 e. The van der Waals surface area contributed by atoms with Crippen LogP contribution in [-0.2, 0) is 34.2 Å². The predicted molar refractivity (Wildman–Crippen MR) is 181 cm³/mol. The first-order valence-electron chi connectivity index (χ1n) is 17.8. The number of methoxy groups -OCH3 is 1. The Hall–Kier alpha value is -0.950. The fourth-order valence-corrected chi connectivity index (χ4v) is 7.02. The third-order valence-electron chi connectivity index (χ3n) is 8.75. The lowest BCUT2D eigenvalue weighted by atomic mass is 9.85. The van der Waals surface area contributed by atoms with Crippen LogP contribution < -0.4 is 0 Å². The van der Waals surface area contributed by atoms with E-state index in [4.69, 9.17) is 23.0 Å². The third-order valence-corrected chi connectivity index (χ3v) is 10.2. The van der Waals surface area contributed by atoms with Crippen molar-refractivity contribution in [3.8, 4) is 0 Å². The van der Waals surface area contributed by atoms with Gasteiger partial charge < -0.3 is 35.0 Å². The van der Waals surface area contributed by atoms with Crippen LogP contribution in [-0.4, -0.2) is 95.2 Å². The zero-order valence-corrected chi connectivity index (χ0v) is 29.6. The van der Waals surface area contributed by atoms with Crippen molar-refractivity contribution < 1.29 is 53.1 Å².